The number of hydrogen-bond donors (Lipinski definition) is 1. The number of hydrogen-bond acceptors (Lipinski definition) is 3. The Bertz CT molecular complexity index is 535. The first-order valence-electron chi connectivity index (χ1n) is 7.15. The van der Waals surface area contributed by atoms with Gasteiger partial charge in [0, 0.05) is 19.8 Å². The fourth-order valence-electron chi connectivity index (χ4n) is 3.90. The third-order valence-electron chi connectivity index (χ3n) is 4.86. The Morgan fingerprint density at radius 1 is 1.50 bits per heavy atom. The summed E-state index contributed by atoms with van der Waals surface area (Å²) in [5, 5.41) is 8.96. The molecule has 108 valence electrons. The minimum Gasteiger partial charge on any atom is -0.478 e. The summed E-state index contributed by atoms with van der Waals surface area (Å²) in [4.78, 5) is 16.7. The molecule has 0 spiro atoms. The van der Waals surface area contributed by atoms with Crippen LogP contribution in [0.2, 0.25) is 0 Å². The van der Waals surface area contributed by atoms with Gasteiger partial charge in [-0.15, -0.1) is 0 Å². The highest BCUT2D eigenvalue weighted by Gasteiger charge is 2.40. The van der Waals surface area contributed by atoms with Gasteiger partial charge in [0.05, 0.1) is 0 Å². The molecule has 1 N–H and O–H groups in total. The second-order valence-electron chi connectivity index (χ2n) is 6.12. The predicted molar refractivity (Wildman–Crippen MR) is 73.4 cm³/mol. The highest BCUT2D eigenvalue weighted by molar-refractivity contribution is 5.88. The monoisotopic (exact) mass is 278 g/mol. The van der Waals surface area contributed by atoms with Gasteiger partial charge in [-0.2, -0.15) is 0 Å². The van der Waals surface area contributed by atoms with Crippen molar-refractivity contribution in [3.05, 3.63) is 23.6 Å². The lowest BCUT2D eigenvalue weighted by molar-refractivity contribution is 0.0691. The van der Waals surface area contributed by atoms with Gasteiger partial charge in [0.25, 0.3) is 0 Å². The summed E-state index contributed by atoms with van der Waals surface area (Å²) in [6.45, 7) is 0.758. The minimum absolute atomic E-state index is 0.146. The maximum atomic E-state index is 14.2. The lowest BCUT2D eigenvalue weighted by Crippen LogP contribution is -2.30. The van der Waals surface area contributed by atoms with Crippen LogP contribution in [-0.4, -0.2) is 29.7 Å². The third-order valence-corrected chi connectivity index (χ3v) is 4.86. The molecule has 3 atom stereocenters. The van der Waals surface area contributed by atoms with Crippen molar-refractivity contribution in [3.8, 4) is 0 Å². The molecule has 5 heteroatoms. The van der Waals surface area contributed by atoms with E-state index in [1.807, 2.05) is 0 Å². The van der Waals surface area contributed by atoms with Crippen LogP contribution in [0.4, 0.5) is 10.2 Å². The molecule has 2 aliphatic carbocycles. The van der Waals surface area contributed by atoms with Crippen LogP contribution in [0.5, 0.6) is 0 Å². The van der Waals surface area contributed by atoms with Crippen LogP contribution in [0.3, 0.4) is 0 Å². The molecule has 0 radical (unpaired) electrons. The fraction of sp³-hybridized carbons (Fsp3) is 0.600. The molecule has 3 rings (SSSR count). The molecule has 3 unspecified atom stereocenters. The molecule has 1 aromatic heterocycles. The van der Waals surface area contributed by atoms with Crippen molar-refractivity contribution in [2.45, 2.75) is 25.7 Å². The van der Waals surface area contributed by atoms with Gasteiger partial charge >= 0.3 is 5.97 Å². The lowest BCUT2D eigenvalue weighted by atomic mass is 9.88. The molecule has 20 heavy (non-hydrogen) atoms. The number of aromatic carboxylic acids is 1. The molecule has 2 fully saturated rings. The second-order valence-corrected chi connectivity index (χ2v) is 6.12. The summed E-state index contributed by atoms with van der Waals surface area (Å²) in [6, 6.07) is 1.20. The smallest absolute Gasteiger partial charge is 0.338 e. The number of carboxylic acids is 1. The zero-order valence-corrected chi connectivity index (χ0v) is 11.6. The number of halogens is 1. The van der Waals surface area contributed by atoms with Gasteiger partial charge in [-0.25, -0.2) is 14.2 Å². The number of carboxylic acid groups (broad SMARTS) is 1. The van der Waals surface area contributed by atoms with Crippen LogP contribution >= 0.6 is 0 Å². The van der Waals surface area contributed by atoms with Crippen LogP contribution in [-0.2, 0) is 0 Å². The Morgan fingerprint density at radius 2 is 2.30 bits per heavy atom. The minimum atomic E-state index is -1.25. The molecule has 2 saturated carbocycles. The maximum Gasteiger partial charge on any atom is 0.338 e. The van der Waals surface area contributed by atoms with Crippen molar-refractivity contribution >= 4 is 11.8 Å². The molecular formula is C15H19FN2O2. The second kappa shape index (κ2) is 5.04. The summed E-state index contributed by atoms with van der Waals surface area (Å²) in [5.41, 5.74) is -0.310. The van der Waals surface area contributed by atoms with Crippen molar-refractivity contribution in [2.24, 2.45) is 17.8 Å². The molecule has 0 aliphatic heterocycles. The van der Waals surface area contributed by atoms with E-state index in [0.29, 0.717) is 5.92 Å². The average Bonchev–Trinajstić information content (AvgIpc) is 3.00. The quantitative estimate of drug-likeness (QED) is 0.920. The summed E-state index contributed by atoms with van der Waals surface area (Å²) in [6.07, 6.45) is 6.51. The number of rotatable bonds is 4. The van der Waals surface area contributed by atoms with Crippen LogP contribution in [0, 0.1) is 23.6 Å². The average molecular weight is 278 g/mol. The van der Waals surface area contributed by atoms with E-state index >= 15 is 0 Å². The fourth-order valence-corrected chi connectivity index (χ4v) is 3.90. The Kier molecular flexibility index (Phi) is 3.36. The highest BCUT2D eigenvalue weighted by Crippen LogP contribution is 2.48. The molecule has 4 nitrogen and oxygen atoms in total. The van der Waals surface area contributed by atoms with Crippen LogP contribution in [0.25, 0.3) is 0 Å². The van der Waals surface area contributed by atoms with E-state index < -0.39 is 11.8 Å². The van der Waals surface area contributed by atoms with Crippen molar-refractivity contribution in [2.75, 3.05) is 18.5 Å². The van der Waals surface area contributed by atoms with E-state index in [2.05, 4.69) is 4.98 Å². The van der Waals surface area contributed by atoms with Gasteiger partial charge in [-0.1, -0.05) is 6.42 Å². The molecule has 0 saturated heterocycles. The van der Waals surface area contributed by atoms with E-state index in [-0.39, 0.29) is 11.4 Å². The molecule has 1 heterocycles. The van der Waals surface area contributed by atoms with E-state index in [9.17, 15) is 9.18 Å². The summed E-state index contributed by atoms with van der Waals surface area (Å²) in [7, 11) is 1.79. The predicted octanol–water partition coefficient (Wildman–Crippen LogP) is 2.79. The molecule has 0 amide bonds. The lowest BCUT2D eigenvalue weighted by Gasteiger charge is -2.28. The molecule has 0 aromatic carbocycles. The first-order valence-corrected chi connectivity index (χ1v) is 7.15. The van der Waals surface area contributed by atoms with Crippen molar-refractivity contribution in [3.63, 3.8) is 0 Å². The molecule has 1 aromatic rings. The van der Waals surface area contributed by atoms with E-state index in [4.69, 9.17) is 5.11 Å². The van der Waals surface area contributed by atoms with Gasteiger partial charge in [0.1, 0.15) is 5.56 Å². The van der Waals surface area contributed by atoms with Crippen molar-refractivity contribution < 1.29 is 14.3 Å². The number of anilines is 1. The summed E-state index contributed by atoms with van der Waals surface area (Å²) < 4.78 is 14.2. The van der Waals surface area contributed by atoms with Gasteiger partial charge < -0.3 is 10.0 Å². The molecule has 2 aliphatic rings. The van der Waals surface area contributed by atoms with E-state index in [0.717, 1.165) is 18.4 Å². The van der Waals surface area contributed by atoms with Gasteiger partial charge in [0.15, 0.2) is 11.6 Å². The Hall–Kier alpha value is -1.65. The summed E-state index contributed by atoms with van der Waals surface area (Å²) >= 11 is 0. The van der Waals surface area contributed by atoms with Crippen molar-refractivity contribution in [1.82, 2.24) is 4.98 Å². The number of pyridine rings is 1. The Labute approximate surface area is 117 Å². The number of carbonyl (C=O) groups is 1. The third kappa shape index (κ3) is 2.25. The van der Waals surface area contributed by atoms with E-state index in [1.54, 1.807) is 11.9 Å². The van der Waals surface area contributed by atoms with Gasteiger partial charge in [0.2, 0.25) is 0 Å². The number of nitrogens with zero attached hydrogens (tertiary/aromatic N) is 2. The largest absolute Gasteiger partial charge is 0.478 e. The zero-order chi connectivity index (χ0) is 14.3. The summed E-state index contributed by atoms with van der Waals surface area (Å²) in [5.74, 6) is 0.362. The first kappa shape index (κ1) is 13.3. The van der Waals surface area contributed by atoms with Gasteiger partial charge in [-0.05, 0) is 43.1 Å². The normalized spacial score (nSPS) is 27.8. The Morgan fingerprint density at radius 3 is 2.90 bits per heavy atom. The Balaban J connectivity index is 1.75. The number of fused-ring (bicyclic) bond motifs is 2. The first-order chi connectivity index (χ1) is 9.56. The number of aromatic nitrogens is 1. The maximum absolute atomic E-state index is 14.2. The van der Waals surface area contributed by atoms with Crippen molar-refractivity contribution in [1.29, 1.82) is 0 Å². The van der Waals surface area contributed by atoms with Crippen LogP contribution in [0.15, 0.2) is 12.3 Å². The zero-order valence-electron chi connectivity index (χ0n) is 11.6. The van der Waals surface area contributed by atoms with E-state index in [1.165, 1.54) is 37.9 Å². The standard InChI is InChI=1S/C15H19FN2O2/c1-18(8-11-7-9-2-3-10(11)6-9)14-13(16)12(15(19)20)4-5-17-14/h4-5,9-11H,2-3,6-8H2,1H3,(H,19,20). The highest BCUT2D eigenvalue weighted by atomic mass is 19.1. The SMILES string of the molecule is CN(CC1CC2CCC1C2)c1nccc(C(=O)O)c1F. The molecule has 2 bridgehead atoms. The van der Waals surface area contributed by atoms with Crippen LogP contribution in [0.1, 0.15) is 36.0 Å². The molecular weight excluding hydrogens is 259 g/mol. The topological polar surface area (TPSA) is 53.4 Å². The van der Waals surface area contributed by atoms with Crippen LogP contribution < -0.4 is 4.90 Å². The van der Waals surface area contributed by atoms with Gasteiger partial charge in [-0.3, -0.25) is 0 Å².